The van der Waals surface area contributed by atoms with E-state index in [0.29, 0.717) is 0 Å². The highest BCUT2D eigenvalue weighted by molar-refractivity contribution is 6.00. The van der Waals surface area contributed by atoms with Gasteiger partial charge in [-0.1, -0.05) is 6.07 Å². The van der Waals surface area contributed by atoms with Gasteiger partial charge in [-0.15, -0.1) is 0 Å². The Hall–Kier alpha value is -3.54. The van der Waals surface area contributed by atoms with Crippen LogP contribution in [0.25, 0.3) is 0 Å². The Bertz CT molecular complexity index is 777. The van der Waals surface area contributed by atoms with Crippen LogP contribution >= 0.6 is 0 Å². The molecule has 0 aliphatic carbocycles. The molecule has 0 fully saturated rings. The Balaban J connectivity index is 2.98. The van der Waals surface area contributed by atoms with Gasteiger partial charge in [-0.2, -0.15) is 0 Å². The third-order valence-corrected chi connectivity index (χ3v) is 3.87. The number of hydrogen-bond acceptors (Lipinski definition) is 7. The molecule has 29 heavy (non-hydrogen) atoms. The lowest BCUT2D eigenvalue weighted by Crippen LogP contribution is -2.54. The van der Waals surface area contributed by atoms with Crippen molar-refractivity contribution in [2.24, 2.45) is 16.5 Å². The maximum atomic E-state index is 12.5. The van der Waals surface area contributed by atoms with Crippen LogP contribution in [-0.4, -0.2) is 68.9 Å². The number of aromatic hydroxyl groups is 2. The van der Waals surface area contributed by atoms with E-state index in [9.17, 15) is 29.7 Å². The number of hydrogen-bond donors (Lipinski definition) is 8. The minimum atomic E-state index is -1.59. The zero-order valence-corrected chi connectivity index (χ0v) is 15.7. The quantitative estimate of drug-likeness (QED) is 0.0940. The minimum absolute atomic E-state index is 0.0279. The standard InChI is InChI=1S/C17H25N5O7/c1-8(23)12(16(28)29)22-15(27)10(5-3-7-20-17(18)19)21-14(26)9-4-2-6-11(24)13(9)25/h2,4,6,8,10,12,23-25H,3,5,7H2,1H3,(H,21,26)(H,22,27)(H,28,29)(H4,18,19,20)/t8-,10+,12-/m1/s1. The number of amides is 2. The van der Waals surface area contributed by atoms with Gasteiger partial charge in [0.25, 0.3) is 5.91 Å². The lowest BCUT2D eigenvalue weighted by Gasteiger charge is -2.23. The number of phenols is 2. The van der Waals surface area contributed by atoms with Gasteiger partial charge in [-0.25, -0.2) is 4.79 Å². The van der Waals surface area contributed by atoms with Crippen LogP contribution in [0.3, 0.4) is 0 Å². The monoisotopic (exact) mass is 411 g/mol. The molecule has 12 nitrogen and oxygen atoms in total. The minimum Gasteiger partial charge on any atom is -0.504 e. The number of aliphatic hydroxyl groups is 1. The SMILES string of the molecule is C[C@@H](O)[C@@H](NC(=O)[C@H](CCCN=C(N)N)NC(=O)c1cccc(O)c1O)C(=O)O. The molecule has 0 heterocycles. The predicted octanol–water partition coefficient (Wildman–Crippen LogP) is -1.80. The van der Waals surface area contributed by atoms with Crippen LogP contribution in [0.2, 0.25) is 0 Å². The van der Waals surface area contributed by atoms with Crippen molar-refractivity contribution in [3.05, 3.63) is 23.8 Å². The van der Waals surface area contributed by atoms with Crippen molar-refractivity contribution in [2.75, 3.05) is 6.54 Å². The number of guanidine groups is 1. The molecular weight excluding hydrogens is 386 g/mol. The summed E-state index contributed by atoms with van der Waals surface area (Å²) in [5.41, 5.74) is 10.2. The molecule has 2 amide bonds. The van der Waals surface area contributed by atoms with E-state index >= 15 is 0 Å². The van der Waals surface area contributed by atoms with Crippen LogP contribution in [0.1, 0.15) is 30.1 Å². The highest BCUT2D eigenvalue weighted by atomic mass is 16.4. The average Bonchev–Trinajstić information content (AvgIpc) is 2.63. The van der Waals surface area contributed by atoms with Gasteiger partial charge in [0, 0.05) is 6.54 Å². The summed E-state index contributed by atoms with van der Waals surface area (Å²) in [6.45, 7) is 1.34. The Morgan fingerprint density at radius 1 is 1.17 bits per heavy atom. The molecule has 160 valence electrons. The highest BCUT2D eigenvalue weighted by Crippen LogP contribution is 2.28. The second-order valence-electron chi connectivity index (χ2n) is 6.21. The zero-order valence-electron chi connectivity index (χ0n) is 15.7. The molecule has 1 aromatic rings. The summed E-state index contributed by atoms with van der Waals surface area (Å²) >= 11 is 0. The van der Waals surface area contributed by atoms with E-state index in [1.807, 2.05) is 0 Å². The number of nitrogens with one attached hydrogen (secondary N) is 2. The molecule has 10 N–H and O–H groups in total. The molecule has 0 radical (unpaired) electrons. The van der Waals surface area contributed by atoms with Crippen molar-refractivity contribution in [3.8, 4) is 11.5 Å². The molecule has 0 bridgehead atoms. The summed E-state index contributed by atoms with van der Waals surface area (Å²) < 4.78 is 0. The third kappa shape index (κ3) is 7.18. The summed E-state index contributed by atoms with van der Waals surface area (Å²) in [5, 5.41) is 42.5. The number of aliphatic imine (C=N–C) groups is 1. The van der Waals surface area contributed by atoms with Crippen LogP contribution in [0, 0.1) is 0 Å². The number of phenolic OH excluding ortho intramolecular Hbond substituents is 2. The van der Waals surface area contributed by atoms with E-state index in [2.05, 4.69) is 15.6 Å². The van der Waals surface area contributed by atoms with Crippen LogP contribution in [-0.2, 0) is 9.59 Å². The number of para-hydroxylation sites is 1. The second kappa shape index (κ2) is 10.7. The number of rotatable bonds is 10. The molecule has 0 spiro atoms. The number of carboxylic acids is 1. The van der Waals surface area contributed by atoms with Gasteiger partial charge in [-0.3, -0.25) is 14.6 Å². The van der Waals surface area contributed by atoms with Gasteiger partial charge >= 0.3 is 5.97 Å². The molecule has 12 heteroatoms. The van der Waals surface area contributed by atoms with Gasteiger partial charge in [0.15, 0.2) is 23.5 Å². The lowest BCUT2D eigenvalue weighted by molar-refractivity contribution is -0.145. The van der Waals surface area contributed by atoms with Crippen LogP contribution < -0.4 is 22.1 Å². The van der Waals surface area contributed by atoms with Crippen LogP contribution in [0.4, 0.5) is 0 Å². The number of nitrogens with two attached hydrogens (primary N) is 2. The number of aliphatic hydroxyl groups excluding tert-OH is 1. The summed E-state index contributed by atoms with van der Waals surface area (Å²) in [4.78, 5) is 39.9. The molecule has 0 saturated carbocycles. The number of benzene rings is 1. The molecule has 0 unspecified atom stereocenters. The van der Waals surface area contributed by atoms with Crippen LogP contribution in [0.5, 0.6) is 11.5 Å². The fourth-order valence-electron chi connectivity index (χ4n) is 2.37. The molecule has 0 aliphatic heterocycles. The second-order valence-corrected chi connectivity index (χ2v) is 6.21. The Kier molecular flexibility index (Phi) is 8.68. The van der Waals surface area contributed by atoms with Gasteiger partial charge < -0.3 is 42.5 Å². The Labute approximate surface area is 166 Å². The van der Waals surface area contributed by atoms with E-state index in [1.165, 1.54) is 25.1 Å². The summed E-state index contributed by atoms with van der Waals surface area (Å²) in [5.74, 6) is -4.53. The fourth-order valence-corrected chi connectivity index (χ4v) is 2.37. The van der Waals surface area contributed by atoms with E-state index in [-0.39, 0.29) is 30.9 Å². The molecule has 3 atom stereocenters. The van der Waals surface area contributed by atoms with E-state index < -0.39 is 47.5 Å². The number of nitrogens with zero attached hydrogens (tertiary/aromatic N) is 1. The molecule has 0 aromatic heterocycles. The van der Waals surface area contributed by atoms with Crippen molar-refractivity contribution in [1.82, 2.24) is 10.6 Å². The van der Waals surface area contributed by atoms with Gasteiger partial charge in [0.05, 0.1) is 11.7 Å². The number of carbonyl (C=O) groups is 3. The van der Waals surface area contributed by atoms with Crippen molar-refractivity contribution in [1.29, 1.82) is 0 Å². The average molecular weight is 411 g/mol. The normalized spacial score (nSPS) is 13.6. The molecule has 1 aromatic carbocycles. The molecule has 0 aliphatic rings. The predicted molar refractivity (Wildman–Crippen MR) is 102 cm³/mol. The molecular formula is C17H25N5O7. The first kappa shape index (κ1) is 23.5. The third-order valence-electron chi connectivity index (χ3n) is 3.87. The maximum Gasteiger partial charge on any atom is 0.328 e. The molecule has 1 rings (SSSR count). The Morgan fingerprint density at radius 2 is 1.83 bits per heavy atom. The van der Waals surface area contributed by atoms with Crippen molar-refractivity contribution in [2.45, 2.75) is 38.0 Å². The van der Waals surface area contributed by atoms with Crippen molar-refractivity contribution >= 4 is 23.7 Å². The smallest absolute Gasteiger partial charge is 0.328 e. The summed E-state index contributed by atoms with van der Waals surface area (Å²) in [6.07, 6.45) is -1.10. The zero-order chi connectivity index (χ0) is 22.1. The van der Waals surface area contributed by atoms with Gasteiger partial charge in [0.1, 0.15) is 6.04 Å². The Morgan fingerprint density at radius 3 is 2.38 bits per heavy atom. The van der Waals surface area contributed by atoms with Crippen LogP contribution in [0.15, 0.2) is 23.2 Å². The summed E-state index contributed by atoms with van der Waals surface area (Å²) in [7, 11) is 0. The number of carbonyl (C=O) groups excluding carboxylic acids is 2. The van der Waals surface area contributed by atoms with E-state index in [1.54, 1.807) is 0 Å². The highest BCUT2D eigenvalue weighted by Gasteiger charge is 2.30. The molecule has 0 saturated heterocycles. The number of carboxylic acid groups (broad SMARTS) is 1. The largest absolute Gasteiger partial charge is 0.504 e. The topological polar surface area (TPSA) is 221 Å². The van der Waals surface area contributed by atoms with Gasteiger partial charge in [-0.05, 0) is 31.9 Å². The summed E-state index contributed by atoms with van der Waals surface area (Å²) in [6, 6.07) is 0.916. The van der Waals surface area contributed by atoms with Crippen molar-refractivity contribution in [3.63, 3.8) is 0 Å². The van der Waals surface area contributed by atoms with Gasteiger partial charge in [0.2, 0.25) is 5.91 Å². The first-order valence-corrected chi connectivity index (χ1v) is 8.63. The maximum absolute atomic E-state index is 12.5. The first-order valence-electron chi connectivity index (χ1n) is 8.63. The number of aliphatic carboxylic acids is 1. The van der Waals surface area contributed by atoms with Crippen molar-refractivity contribution < 1.29 is 34.8 Å². The van der Waals surface area contributed by atoms with E-state index in [4.69, 9.17) is 16.6 Å². The fraction of sp³-hybridized carbons (Fsp3) is 0.412. The first-order chi connectivity index (χ1) is 13.5. The lowest BCUT2D eigenvalue weighted by atomic mass is 10.1. The van der Waals surface area contributed by atoms with E-state index in [0.717, 1.165) is 0 Å².